The van der Waals surface area contributed by atoms with Gasteiger partial charge in [-0.05, 0) is 30.5 Å². The summed E-state index contributed by atoms with van der Waals surface area (Å²) in [7, 11) is 1.27. The zero-order chi connectivity index (χ0) is 20.4. The molecule has 0 amide bonds. The molecule has 1 aromatic carbocycles. The number of carboxylic acid groups (broad SMARTS) is 1. The molecule has 0 saturated heterocycles. The molecule has 146 valence electrons. The Bertz CT molecular complexity index is 900. The molecule has 0 atom stereocenters. The van der Waals surface area contributed by atoms with Crippen molar-refractivity contribution < 1.29 is 24.5 Å². The van der Waals surface area contributed by atoms with Crippen molar-refractivity contribution in [3.05, 3.63) is 67.5 Å². The van der Waals surface area contributed by atoms with E-state index in [0.717, 1.165) is 5.56 Å². The van der Waals surface area contributed by atoms with Crippen LogP contribution >= 0.6 is 0 Å². The highest BCUT2D eigenvalue weighted by molar-refractivity contribution is 5.89. The average molecular weight is 379 g/mol. The minimum atomic E-state index is -1.38. The van der Waals surface area contributed by atoms with E-state index in [2.05, 4.69) is 9.72 Å². The molecule has 0 unspecified atom stereocenters. The summed E-state index contributed by atoms with van der Waals surface area (Å²) in [5.74, 6) is -1.87. The highest BCUT2D eigenvalue weighted by Gasteiger charge is 2.15. The summed E-state index contributed by atoms with van der Waals surface area (Å²) < 4.78 is 4.63. The molecule has 0 fully saturated rings. The molecule has 1 aromatic heterocycles. The SMILES string of the molecule is COC(=O)c1cccc(CCc2c(C(=O)O)[nH]c(=O)[nH]c2=O)c1.NCCO. The van der Waals surface area contributed by atoms with Gasteiger partial charge in [0.25, 0.3) is 5.56 Å². The molecule has 2 rings (SSSR count). The maximum Gasteiger partial charge on any atom is 0.352 e. The van der Waals surface area contributed by atoms with Crippen molar-refractivity contribution in [1.82, 2.24) is 9.97 Å². The number of carboxylic acids is 1. The molecule has 0 saturated carbocycles. The van der Waals surface area contributed by atoms with E-state index in [4.69, 9.17) is 15.9 Å². The fourth-order valence-corrected chi connectivity index (χ4v) is 2.17. The first-order valence-electron chi connectivity index (χ1n) is 7.91. The third-order valence-electron chi connectivity index (χ3n) is 3.40. The van der Waals surface area contributed by atoms with Gasteiger partial charge in [-0.2, -0.15) is 0 Å². The molecule has 10 nitrogen and oxygen atoms in total. The maximum atomic E-state index is 11.8. The maximum absolute atomic E-state index is 11.8. The number of methoxy groups -OCH3 is 1. The molecule has 0 spiro atoms. The van der Waals surface area contributed by atoms with E-state index in [0.29, 0.717) is 18.5 Å². The van der Waals surface area contributed by atoms with Gasteiger partial charge in [0, 0.05) is 12.1 Å². The Morgan fingerprint density at radius 3 is 2.41 bits per heavy atom. The lowest BCUT2D eigenvalue weighted by Gasteiger charge is -2.06. The second-order valence-electron chi connectivity index (χ2n) is 5.27. The zero-order valence-corrected chi connectivity index (χ0v) is 14.7. The van der Waals surface area contributed by atoms with Crippen LogP contribution in [0.15, 0.2) is 33.9 Å². The number of hydrogen-bond donors (Lipinski definition) is 5. The Kier molecular flexibility index (Phi) is 8.63. The van der Waals surface area contributed by atoms with E-state index in [1.54, 1.807) is 24.3 Å². The van der Waals surface area contributed by atoms with Gasteiger partial charge >= 0.3 is 17.6 Å². The van der Waals surface area contributed by atoms with Gasteiger partial charge in [-0.1, -0.05) is 12.1 Å². The summed E-state index contributed by atoms with van der Waals surface area (Å²) >= 11 is 0. The number of carbonyl (C=O) groups excluding carboxylic acids is 1. The fraction of sp³-hybridized carbons (Fsp3) is 0.294. The molecule has 0 aliphatic rings. The van der Waals surface area contributed by atoms with Crippen molar-refractivity contribution in [2.45, 2.75) is 12.8 Å². The van der Waals surface area contributed by atoms with Crippen molar-refractivity contribution >= 4 is 11.9 Å². The summed E-state index contributed by atoms with van der Waals surface area (Å²) in [5, 5.41) is 16.8. The number of aliphatic hydroxyl groups excluding tert-OH is 1. The monoisotopic (exact) mass is 379 g/mol. The molecule has 0 bridgehead atoms. The van der Waals surface area contributed by atoms with Gasteiger partial charge in [0.2, 0.25) is 0 Å². The first-order valence-corrected chi connectivity index (χ1v) is 7.91. The number of esters is 1. The van der Waals surface area contributed by atoms with Crippen LogP contribution in [0.25, 0.3) is 0 Å². The molecule has 10 heteroatoms. The molecule has 2 aromatic rings. The van der Waals surface area contributed by atoms with Crippen LogP contribution in [0.1, 0.15) is 32.0 Å². The number of H-pyrrole nitrogens is 2. The Hall–Kier alpha value is -3.24. The second-order valence-corrected chi connectivity index (χ2v) is 5.27. The second kappa shape index (κ2) is 10.7. The van der Waals surface area contributed by atoms with E-state index in [1.807, 2.05) is 4.98 Å². The van der Waals surface area contributed by atoms with Crippen LogP contribution in [-0.2, 0) is 17.6 Å². The Morgan fingerprint density at radius 2 is 1.85 bits per heavy atom. The summed E-state index contributed by atoms with van der Waals surface area (Å²) in [5.41, 5.74) is 3.80. The number of nitrogens with one attached hydrogen (secondary N) is 2. The standard InChI is InChI=1S/C15H14N2O6.C2H7NO/c1-23-14(21)9-4-2-3-8(7-9)5-6-10-11(13(19)20)16-15(22)17-12(10)18;3-1-2-4/h2-4,7H,5-6H2,1H3,(H,19,20)(H2,16,17,18,22);4H,1-3H2. The number of ether oxygens (including phenoxy) is 1. The summed E-state index contributed by atoms with van der Waals surface area (Å²) in [4.78, 5) is 49.7. The van der Waals surface area contributed by atoms with Gasteiger partial charge in [-0.15, -0.1) is 0 Å². The predicted octanol–water partition coefficient (Wildman–Crippen LogP) is -0.729. The normalized spacial score (nSPS) is 9.89. The van der Waals surface area contributed by atoms with Crippen LogP contribution in [-0.4, -0.2) is 52.4 Å². The van der Waals surface area contributed by atoms with Crippen LogP contribution in [0.3, 0.4) is 0 Å². The molecular weight excluding hydrogens is 358 g/mol. The number of aryl methyl sites for hydroxylation is 1. The molecular formula is C17H21N3O7. The van der Waals surface area contributed by atoms with Crippen molar-refractivity contribution in [2.24, 2.45) is 5.73 Å². The number of hydrogen-bond acceptors (Lipinski definition) is 7. The molecule has 1 heterocycles. The first kappa shape index (κ1) is 21.8. The van der Waals surface area contributed by atoms with Gasteiger partial charge in [-0.3, -0.25) is 9.78 Å². The average Bonchev–Trinajstić information content (AvgIpc) is 2.66. The molecule has 0 aliphatic heterocycles. The number of aliphatic hydroxyl groups is 1. The van der Waals surface area contributed by atoms with Crippen LogP contribution < -0.4 is 17.0 Å². The van der Waals surface area contributed by atoms with E-state index in [1.165, 1.54) is 7.11 Å². The summed E-state index contributed by atoms with van der Waals surface area (Å²) in [6.45, 7) is 0.472. The van der Waals surface area contributed by atoms with E-state index in [9.17, 15) is 19.2 Å². The van der Waals surface area contributed by atoms with Crippen molar-refractivity contribution in [1.29, 1.82) is 0 Å². The Morgan fingerprint density at radius 1 is 1.19 bits per heavy atom. The van der Waals surface area contributed by atoms with Crippen molar-refractivity contribution in [3.8, 4) is 0 Å². The number of aromatic nitrogens is 2. The highest BCUT2D eigenvalue weighted by Crippen LogP contribution is 2.10. The molecule has 0 aliphatic carbocycles. The number of carbonyl (C=O) groups is 2. The van der Waals surface area contributed by atoms with E-state index < -0.39 is 28.9 Å². The number of aromatic carboxylic acids is 1. The van der Waals surface area contributed by atoms with Gasteiger partial charge in [-0.25, -0.2) is 14.4 Å². The minimum absolute atomic E-state index is 0.0272. The lowest BCUT2D eigenvalue weighted by Crippen LogP contribution is -2.30. The van der Waals surface area contributed by atoms with Crippen LogP contribution in [0.2, 0.25) is 0 Å². The van der Waals surface area contributed by atoms with Gasteiger partial charge in [0.15, 0.2) is 0 Å². The largest absolute Gasteiger partial charge is 0.477 e. The van der Waals surface area contributed by atoms with Gasteiger partial charge < -0.3 is 25.7 Å². The Labute approximate surface area is 153 Å². The molecule has 6 N–H and O–H groups in total. The third kappa shape index (κ3) is 6.53. The van der Waals surface area contributed by atoms with Crippen LogP contribution in [0.4, 0.5) is 0 Å². The van der Waals surface area contributed by atoms with E-state index >= 15 is 0 Å². The van der Waals surface area contributed by atoms with E-state index in [-0.39, 0.29) is 18.6 Å². The number of rotatable bonds is 6. The zero-order valence-electron chi connectivity index (χ0n) is 14.7. The summed E-state index contributed by atoms with van der Waals surface area (Å²) in [6, 6.07) is 6.60. The smallest absolute Gasteiger partial charge is 0.352 e. The topological polar surface area (TPSA) is 176 Å². The molecule has 0 radical (unpaired) electrons. The quantitative estimate of drug-likeness (QED) is 0.408. The fourth-order valence-electron chi connectivity index (χ4n) is 2.17. The number of nitrogens with two attached hydrogens (primary N) is 1. The Balaban J connectivity index is 0.000000828. The van der Waals surface area contributed by atoms with Crippen molar-refractivity contribution in [2.75, 3.05) is 20.3 Å². The van der Waals surface area contributed by atoms with Gasteiger partial charge in [0.05, 0.1) is 19.3 Å². The van der Waals surface area contributed by atoms with Crippen LogP contribution in [0.5, 0.6) is 0 Å². The first-order chi connectivity index (χ1) is 12.8. The molecule has 27 heavy (non-hydrogen) atoms. The third-order valence-corrected chi connectivity index (χ3v) is 3.40. The number of aromatic amines is 2. The van der Waals surface area contributed by atoms with Gasteiger partial charge in [0.1, 0.15) is 5.69 Å². The minimum Gasteiger partial charge on any atom is -0.477 e. The van der Waals surface area contributed by atoms with Crippen molar-refractivity contribution in [3.63, 3.8) is 0 Å². The van der Waals surface area contributed by atoms with Crippen LogP contribution in [0, 0.1) is 0 Å². The summed E-state index contributed by atoms with van der Waals surface area (Å²) in [6.07, 6.45) is 0.415. The lowest BCUT2D eigenvalue weighted by molar-refractivity contribution is 0.0599. The lowest BCUT2D eigenvalue weighted by atomic mass is 10.0. The number of benzene rings is 1. The highest BCUT2D eigenvalue weighted by atomic mass is 16.5. The predicted molar refractivity (Wildman–Crippen MR) is 96.0 cm³/mol.